The third kappa shape index (κ3) is 8.88. The van der Waals surface area contributed by atoms with Gasteiger partial charge in [0.05, 0.1) is 0 Å². The van der Waals surface area contributed by atoms with E-state index < -0.39 is 42.5 Å². The second kappa shape index (κ2) is 14.7. The van der Waals surface area contributed by atoms with Crippen LogP contribution in [0.2, 0.25) is 0 Å². The van der Waals surface area contributed by atoms with Crippen molar-refractivity contribution in [2.24, 2.45) is 0 Å². The first kappa shape index (κ1) is 26.9. The first-order valence-corrected chi connectivity index (χ1v) is 11.1. The van der Waals surface area contributed by atoms with Crippen molar-refractivity contribution in [1.82, 2.24) is 16.0 Å². The Morgan fingerprint density at radius 1 is 1.00 bits per heavy atom. The van der Waals surface area contributed by atoms with E-state index >= 15 is 0 Å². The molecule has 2 aromatic carbocycles. The maximum absolute atomic E-state index is 12.9. The zero-order chi connectivity index (χ0) is 24.8. The summed E-state index contributed by atoms with van der Waals surface area (Å²) >= 11 is 0. The SMILES string of the molecule is CCCC(NC(=O)[C@@H](NCB=O)c1ccccc1)C(O)C(=O)NCC(=O)OCc1ccccc1. The molecule has 0 bridgehead atoms. The van der Waals surface area contributed by atoms with E-state index in [9.17, 15) is 24.2 Å². The van der Waals surface area contributed by atoms with Crippen LogP contribution in [0.4, 0.5) is 0 Å². The molecule has 2 rings (SSSR count). The van der Waals surface area contributed by atoms with Crippen LogP contribution in [0.15, 0.2) is 60.7 Å². The van der Waals surface area contributed by atoms with Crippen LogP contribution in [-0.2, 0) is 30.4 Å². The molecule has 0 aromatic heterocycles. The van der Waals surface area contributed by atoms with Crippen molar-refractivity contribution in [3.63, 3.8) is 0 Å². The number of carbonyl (C=O) groups excluding carboxylic acids is 3. The molecule has 0 aliphatic rings. The Morgan fingerprint density at radius 3 is 2.26 bits per heavy atom. The number of carbonyl (C=O) groups is 3. The summed E-state index contributed by atoms with van der Waals surface area (Å²) in [5, 5.41) is 18.4. The molecule has 2 aromatic rings. The minimum Gasteiger partial charge on any atom is -0.0622 e. The first-order valence-electron chi connectivity index (χ1n) is 11.1. The molecule has 0 aliphatic heterocycles. The number of hydrogen-bond donors (Lipinski definition) is 4. The predicted octanol–water partition coefficient (Wildman–Crippen LogP) is 0.830. The molecule has 2 unspecified atom stereocenters. The molecule has 4 N–H and O–H groups in total. The van der Waals surface area contributed by atoms with Crippen molar-refractivity contribution in [3.8, 4) is 0 Å². The smallest absolute Gasteiger partial charge is 0.0622 e. The van der Waals surface area contributed by atoms with E-state index in [-0.39, 0.29) is 13.1 Å². The first-order chi connectivity index (χ1) is 16.5. The van der Waals surface area contributed by atoms with Gasteiger partial charge < -0.3 is 0 Å². The zero-order valence-corrected chi connectivity index (χ0v) is 19.1. The Labute approximate surface area is 199 Å². The molecule has 0 aliphatic carbocycles. The van der Waals surface area contributed by atoms with Crippen LogP contribution in [0.5, 0.6) is 0 Å². The summed E-state index contributed by atoms with van der Waals surface area (Å²) in [4.78, 5) is 37.3. The Hall–Kier alpha value is -3.37. The van der Waals surface area contributed by atoms with Gasteiger partial charge in [0.15, 0.2) is 0 Å². The number of amides is 2. The quantitative estimate of drug-likeness (QED) is 0.239. The Kier molecular flexibility index (Phi) is 11.6. The molecular formula is C24H30BN3O6. The molecule has 9 nitrogen and oxygen atoms in total. The molecule has 10 heteroatoms. The van der Waals surface area contributed by atoms with Gasteiger partial charge in [-0.25, -0.2) is 0 Å². The van der Waals surface area contributed by atoms with Crippen molar-refractivity contribution in [3.05, 3.63) is 71.8 Å². The van der Waals surface area contributed by atoms with E-state index in [1.807, 2.05) is 25.1 Å². The molecule has 3 atom stereocenters. The van der Waals surface area contributed by atoms with Crippen molar-refractivity contribution >= 4 is 24.9 Å². The Morgan fingerprint density at radius 2 is 1.65 bits per heavy atom. The normalized spacial score (nSPS) is 13.1. The monoisotopic (exact) mass is 467 g/mol. The fourth-order valence-electron chi connectivity index (χ4n) is 3.30. The summed E-state index contributed by atoms with van der Waals surface area (Å²) in [7, 11) is 0.645. The fraction of sp³-hybridized carbons (Fsp3) is 0.375. The average molecular weight is 467 g/mol. The standard InChI is InChI=1S/C24H30BN3O6/c1-2-9-19(28-23(31)21(27-16-25-33)18-12-7-4-8-13-18)22(30)24(32)26-14-20(29)34-15-17-10-5-3-6-11-17/h3-8,10-13,19,21-22,27,30H,2,9,14-16H2,1H3,(H,26,32)(H,28,31)/t19?,21-,22?/m0/s1. The molecule has 0 radical (unpaired) electrons. The van der Waals surface area contributed by atoms with Crippen molar-refractivity contribution in [2.75, 3.05) is 13.0 Å². The second-order valence-corrected chi connectivity index (χ2v) is 7.63. The summed E-state index contributed by atoms with van der Waals surface area (Å²) in [5.74, 6) is -1.93. The minimum atomic E-state index is -1.58. The second-order valence-electron chi connectivity index (χ2n) is 7.63. The van der Waals surface area contributed by atoms with Gasteiger partial charge in [0.2, 0.25) is 0 Å². The van der Waals surface area contributed by atoms with Gasteiger partial charge in [-0.15, -0.1) is 0 Å². The van der Waals surface area contributed by atoms with Crippen LogP contribution >= 0.6 is 0 Å². The van der Waals surface area contributed by atoms with E-state index in [4.69, 9.17) is 4.74 Å². The number of ether oxygens (including phenoxy) is 1. The van der Waals surface area contributed by atoms with E-state index in [1.165, 1.54) is 0 Å². The summed E-state index contributed by atoms with van der Waals surface area (Å²) in [5.41, 5.74) is 1.45. The molecule has 0 heterocycles. The molecule has 0 spiro atoms. The molecule has 34 heavy (non-hydrogen) atoms. The van der Waals surface area contributed by atoms with Gasteiger partial charge in [-0.05, 0) is 5.56 Å². The zero-order valence-electron chi connectivity index (χ0n) is 19.1. The molecule has 0 saturated carbocycles. The van der Waals surface area contributed by atoms with E-state index in [0.717, 1.165) is 5.56 Å². The summed E-state index contributed by atoms with van der Waals surface area (Å²) in [6, 6.07) is 16.2. The number of hydrogen-bond acceptors (Lipinski definition) is 7. The van der Waals surface area contributed by atoms with Crippen molar-refractivity contribution in [2.45, 2.75) is 44.6 Å². The number of aliphatic hydroxyl groups excluding tert-OH is 1. The molecule has 0 saturated heterocycles. The molecule has 0 fully saturated rings. The van der Waals surface area contributed by atoms with Crippen molar-refractivity contribution in [1.29, 1.82) is 0 Å². The Bertz CT molecular complexity index is 929. The number of esters is 1. The third-order valence-corrected chi connectivity index (χ3v) is 5.03. The van der Waals surface area contributed by atoms with E-state index in [1.54, 1.807) is 42.5 Å². The number of rotatable bonds is 14. The number of aliphatic hydroxyl groups is 1. The van der Waals surface area contributed by atoms with Crippen LogP contribution in [-0.4, -0.2) is 55.2 Å². The molecule has 2 amide bonds. The van der Waals surface area contributed by atoms with Crippen LogP contribution in [0.3, 0.4) is 0 Å². The van der Waals surface area contributed by atoms with Crippen LogP contribution in [0.25, 0.3) is 0 Å². The number of nitrogens with one attached hydrogen (secondary N) is 3. The van der Waals surface area contributed by atoms with Gasteiger partial charge >= 0.3 is 157 Å². The van der Waals surface area contributed by atoms with Crippen LogP contribution < -0.4 is 16.0 Å². The average Bonchev–Trinajstić information content (AvgIpc) is 2.86. The van der Waals surface area contributed by atoms with Gasteiger partial charge in [0, 0.05) is 0 Å². The third-order valence-electron chi connectivity index (χ3n) is 5.03. The van der Waals surface area contributed by atoms with Gasteiger partial charge in [0.25, 0.3) is 0 Å². The predicted molar refractivity (Wildman–Crippen MR) is 126 cm³/mol. The van der Waals surface area contributed by atoms with Gasteiger partial charge in [-0.2, -0.15) is 0 Å². The fourth-order valence-corrected chi connectivity index (χ4v) is 3.30. The summed E-state index contributed by atoms with van der Waals surface area (Å²) in [6.07, 6.45) is -0.701. The Balaban J connectivity index is 1.93. The van der Waals surface area contributed by atoms with Crippen LogP contribution in [0.1, 0.15) is 36.9 Å². The summed E-state index contributed by atoms with van der Waals surface area (Å²) in [6.45, 7) is 1.51. The van der Waals surface area contributed by atoms with E-state index in [2.05, 4.69) is 16.0 Å². The van der Waals surface area contributed by atoms with Crippen LogP contribution in [0, 0.1) is 0 Å². The van der Waals surface area contributed by atoms with E-state index in [0.29, 0.717) is 25.6 Å². The molecule has 180 valence electrons. The molecular weight excluding hydrogens is 437 g/mol. The minimum absolute atomic E-state index is 0.0421. The maximum atomic E-state index is 12.9. The number of benzene rings is 2. The van der Waals surface area contributed by atoms with Gasteiger partial charge in [-0.3, -0.25) is 0 Å². The van der Waals surface area contributed by atoms with Crippen molar-refractivity contribution < 1.29 is 28.9 Å². The van der Waals surface area contributed by atoms with Gasteiger partial charge in [0.1, 0.15) is 6.61 Å². The van der Waals surface area contributed by atoms with Gasteiger partial charge in [-0.1, -0.05) is 30.3 Å². The topological polar surface area (TPSA) is 134 Å². The summed E-state index contributed by atoms with van der Waals surface area (Å²) < 4.78 is 15.9.